The van der Waals surface area contributed by atoms with Crippen molar-refractivity contribution in [1.82, 2.24) is 14.8 Å². The fraction of sp³-hybridized carbons (Fsp3) is 0.500. The van der Waals surface area contributed by atoms with Gasteiger partial charge in [-0.3, -0.25) is 0 Å². The van der Waals surface area contributed by atoms with Crippen LogP contribution < -0.4 is 0 Å². The predicted molar refractivity (Wildman–Crippen MR) is 93.7 cm³/mol. The van der Waals surface area contributed by atoms with Gasteiger partial charge in [-0.1, -0.05) is 23.2 Å². The quantitative estimate of drug-likeness (QED) is 0.806. The van der Waals surface area contributed by atoms with Crippen LogP contribution in [0, 0.1) is 6.92 Å². The van der Waals surface area contributed by atoms with Crippen LogP contribution >= 0.6 is 11.6 Å². The van der Waals surface area contributed by atoms with E-state index in [0.29, 0.717) is 5.15 Å². The zero-order valence-electron chi connectivity index (χ0n) is 13.5. The topological polar surface area (TPSA) is 19.4 Å². The summed E-state index contributed by atoms with van der Waals surface area (Å²) in [5.41, 5.74) is 3.42. The monoisotopic (exact) mass is 317 g/mol. The summed E-state index contributed by atoms with van der Waals surface area (Å²) in [5.74, 6) is 0. The normalized spacial score (nSPS) is 17.2. The summed E-state index contributed by atoms with van der Waals surface area (Å²) in [5, 5.41) is 1.86. The number of benzene rings is 1. The number of aryl methyl sites for hydroxylation is 2. The van der Waals surface area contributed by atoms with Gasteiger partial charge in [0, 0.05) is 31.6 Å². The van der Waals surface area contributed by atoms with Crippen molar-refractivity contribution in [2.24, 2.45) is 0 Å². The van der Waals surface area contributed by atoms with E-state index >= 15 is 0 Å². The van der Waals surface area contributed by atoms with Crippen LogP contribution in [0.15, 0.2) is 24.3 Å². The SMILES string of the molecule is Cc1ccc2nc(Cl)c(CCCN3CCN(C)CC3)cc2c1. The molecule has 0 unspecified atom stereocenters. The maximum Gasteiger partial charge on any atom is 0.132 e. The smallest absolute Gasteiger partial charge is 0.132 e. The molecule has 0 aliphatic carbocycles. The summed E-state index contributed by atoms with van der Waals surface area (Å²) in [6.07, 6.45) is 2.14. The van der Waals surface area contributed by atoms with Gasteiger partial charge in [0.05, 0.1) is 5.52 Å². The number of fused-ring (bicyclic) bond motifs is 1. The van der Waals surface area contributed by atoms with Gasteiger partial charge in [-0.05, 0) is 57.1 Å². The van der Waals surface area contributed by atoms with E-state index in [1.165, 1.54) is 42.7 Å². The molecule has 3 rings (SSSR count). The lowest BCUT2D eigenvalue weighted by Gasteiger charge is -2.32. The fourth-order valence-corrected chi connectivity index (χ4v) is 3.30. The summed E-state index contributed by atoms with van der Waals surface area (Å²) in [6.45, 7) is 7.98. The Labute approximate surface area is 137 Å². The number of nitrogens with zero attached hydrogens (tertiary/aromatic N) is 3. The molecule has 0 N–H and O–H groups in total. The minimum atomic E-state index is 0.662. The molecule has 0 amide bonds. The van der Waals surface area contributed by atoms with Crippen molar-refractivity contribution in [3.8, 4) is 0 Å². The summed E-state index contributed by atoms with van der Waals surface area (Å²) in [4.78, 5) is 9.48. The molecule has 2 heterocycles. The standard InChI is InChI=1S/C18H24ClN3/c1-14-5-6-17-16(12-14)13-15(18(19)20-17)4-3-7-22-10-8-21(2)9-11-22/h5-6,12-13H,3-4,7-11H2,1-2H3. The Morgan fingerprint density at radius 1 is 1.14 bits per heavy atom. The first-order valence-electron chi connectivity index (χ1n) is 8.08. The van der Waals surface area contributed by atoms with Crippen LogP contribution in [0.1, 0.15) is 17.5 Å². The summed E-state index contributed by atoms with van der Waals surface area (Å²) in [6, 6.07) is 8.52. The molecule has 1 aromatic carbocycles. The van der Waals surface area contributed by atoms with Crippen LogP contribution in [-0.2, 0) is 6.42 Å². The van der Waals surface area contributed by atoms with Gasteiger partial charge in [-0.25, -0.2) is 4.98 Å². The zero-order chi connectivity index (χ0) is 15.5. The highest BCUT2D eigenvalue weighted by molar-refractivity contribution is 6.30. The van der Waals surface area contributed by atoms with Crippen molar-refractivity contribution in [2.75, 3.05) is 39.8 Å². The number of halogens is 1. The molecule has 1 aliphatic rings. The number of hydrogen-bond acceptors (Lipinski definition) is 3. The largest absolute Gasteiger partial charge is 0.304 e. The van der Waals surface area contributed by atoms with E-state index in [2.05, 4.69) is 47.0 Å². The minimum Gasteiger partial charge on any atom is -0.304 e. The lowest BCUT2D eigenvalue weighted by atomic mass is 10.1. The van der Waals surface area contributed by atoms with Gasteiger partial charge < -0.3 is 9.80 Å². The van der Waals surface area contributed by atoms with E-state index in [-0.39, 0.29) is 0 Å². The molecule has 4 heteroatoms. The maximum atomic E-state index is 6.35. The third kappa shape index (κ3) is 3.78. The molecular formula is C18H24ClN3. The van der Waals surface area contributed by atoms with Gasteiger partial charge in [-0.2, -0.15) is 0 Å². The fourth-order valence-electron chi connectivity index (χ4n) is 3.06. The van der Waals surface area contributed by atoms with Gasteiger partial charge in [0.25, 0.3) is 0 Å². The van der Waals surface area contributed by atoms with Gasteiger partial charge in [-0.15, -0.1) is 0 Å². The lowest BCUT2D eigenvalue weighted by Crippen LogP contribution is -2.44. The van der Waals surface area contributed by atoms with Crippen LogP contribution in [0.25, 0.3) is 10.9 Å². The second-order valence-electron chi connectivity index (χ2n) is 6.38. The number of pyridine rings is 1. The third-order valence-corrected chi connectivity index (χ3v) is 4.84. The second kappa shape index (κ2) is 6.95. The van der Waals surface area contributed by atoms with Gasteiger partial charge in [0.15, 0.2) is 0 Å². The Morgan fingerprint density at radius 2 is 1.91 bits per heavy atom. The van der Waals surface area contributed by atoms with Gasteiger partial charge in [0.2, 0.25) is 0 Å². The van der Waals surface area contributed by atoms with Gasteiger partial charge >= 0.3 is 0 Å². The first kappa shape index (κ1) is 15.7. The summed E-state index contributed by atoms with van der Waals surface area (Å²) < 4.78 is 0. The third-order valence-electron chi connectivity index (χ3n) is 4.51. The van der Waals surface area contributed by atoms with Crippen LogP contribution in [0.5, 0.6) is 0 Å². The van der Waals surface area contributed by atoms with Crippen molar-refractivity contribution in [1.29, 1.82) is 0 Å². The number of aromatic nitrogens is 1. The Hall–Kier alpha value is -1.16. The van der Waals surface area contributed by atoms with E-state index in [1.54, 1.807) is 0 Å². The average Bonchev–Trinajstić information content (AvgIpc) is 2.50. The average molecular weight is 318 g/mol. The Morgan fingerprint density at radius 3 is 2.68 bits per heavy atom. The second-order valence-corrected chi connectivity index (χ2v) is 6.74. The number of hydrogen-bond donors (Lipinski definition) is 0. The summed E-state index contributed by atoms with van der Waals surface area (Å²) in [7, 11) is 2.19. The molecule has 2 aromatic rings. The highest BCUT2D eigenvalue weighted by Crippen LogP contribution is 2.22. The summed E-state index contributed by atoms with van der Waals surface area (Å²) >= 11 is 6.35. The zero-order valence-corrected chi connectivity index (χ0v) is 14.2. The molecule has 0 spiro atoms. The minimum absolute atomic E-state index is 0.662. The predicted octanol–water partition coefficient (Wildman–Crippen LogP) is 3.38. The molecule has 1 fully saturated rings. The molecular weight excluding hydrogens is 294 g/mol. The maximum absolute atomic E-state index is 6.35. The Kier molecular flexibility index (Phi) is 4.97. The van der Waals surface area contributed by atoms with Crippen molar-refractivity contribution in [3.05, 3.63) is 40.5 Å². The number of likely N-dealkylation sites (N-methyl/N-ethyl adjacent to an activating group) is 1. The number of piperazine rings is 1. The van der Waals surface area contributed by atoms with E-state index < -0.39 is 0 Å². The first-order chi connectivity index (χ1) is 10.6. The van der Waals surface area contributed by atoms with Crippen molar-refractivity contribution >= 4 is 22.5 Å². The van der Waals surface area contributed by atoms with E-state index in [4.69, 9.17) is 11.6 Å². The number of rotatable bonds is 4. The molecule has 3 nitrogen and oxygen atoms in total. The molecule has 0 bridgehead atoms. The van der Waals surface area contributed by atoms with E-state index in [1.807, 2.05) is 6.07 Å². The van der Waals surface area contributed by atoms with Crippen molar-refractivity contribution in [2.45, 2.75) is 19.8 Å². The molecule has 118 valence electrons. The molecule has 0 saturated carbocycles. The Balaban J connectivity index is 1.62. The van der Waals surface area contributed by atoms with Crippen LogP contribution in [-0.4, -0.2) is 54.6 Å². The van der Waals surface area contributed by atoms with Crippen molar-refractivity contribution < 1.29 is 0 Å². The molecule has 1 aliphatic heterocycles. The van der Waals surface area contributed by atoms with Crippen LogP contribution in [0.4, 0.5) is 0 Å². The molecule has 22 heavy (non-hydrogen) atoms. The first-order valence-corrected chi connectivity index (χ1v) is 8.46. The van der Waals surface area contributed by atoms with Gasteiger partial charge in [0.1, 0.15) is 5.15 Å². The molecule has 0 radical (unpaired) electrons. The van der Waals surface area contributed by atoms with Crippen LogP contribution in [0.2, 0.25) is 5.15 Å². The van der Waals surface area contributed by atoms with Crippen molar-refractivity contribution in [3.63, 3.8) is 0 Å². The molecule has 1 aromatic heterocycles. The molecule has 0 atom stereocenters. The van der Waals surface area contributed by atoms with E-state index in [0.717, 1.165) is 24.9 Å². The highest BCUT2D eigenvalue weighted by Gasteiger charge is 2.13. The highest BCUT2D eigenvalue weighted by atomic mass is 35.5. The molecule has 1 saturated heterocycles. The van der Waals surface area contributed by atoms with E-state index in [9.17, 15) is 0 Å². The Bertz CT molecular complexity index is 648. The lowest BCUT2D eigenvalue weighted by molar-refractivity contribution is 0.153. The van der Waals surface area contributed by atoms with Crippen LogP contribution in [0.3, 0.4) is 0 Å².